The Balaban J connectivity index is 1.81. The third-order valence-corrected chi connectivity index (χ3v) is 6.05. The van der Waals surface area contributed by atoms with Gasteiger partial charge in [0.1, 0.15) is 11.8 Å². The van der Waals surface area contributed by atoms with Crippen LogP contribution in [-0.2, 0) is 11.8 Å². The number of hydrogen-bond donors (Lipinski definition) is 0. The summed E-state index contributed by atoms with van der Waals surface area (Å²) >= 11 is 6.35. The van der Waals surface area contributed by atoms with Crippen molar-refractivity contribution in [2.75, 3.05) is 0 Å². The van der Waals surface area contributed by atoms with Crippen LogP contribution in [0.1, 0.15) is 30.7 Å². The van der Waals surface area contributed by atoms with E-state index in [1.54, 1.807) is 30.0 Å². The summed E-state index contributed by atoms with van der Waals surface area (Å²) in [5.41, 5.74) is 3.24. The molecule has 32 heavy (non-hydrogen) atoms. The van der Waals surface area contributed by atoms with Crippen LogP contribution in [0.5, 0.6) is 0 Å². The number of aryl methyl sites for hydroxylation is 1. The summed E-state index contributed by atoms with van der Waals surface area (Å²) in [7, 11) is 1.74. The van der Waals surface area contributed by atoms with Crippen molar-refractivity contribution in [3.05, 3.63) is 93.6 Å². The van der Waals surface area contributed by atoms with Gasteiger partial charge in [-0.3, -0.25) is 9.59 Å². The monoisotopic (exact) mass is 445 g/mol. The van der Waals surface area contributed by atoms with E-state index in [-0.39, 0.29) is 11.5 Å². The summed E-state index contributed by atoms with van der Waals surface area (Å²) in [6.45, 7) is 1.46. The van der Waals surface area contributed by atoms with Gasteiger partial charge in [0.15, 0.2) is 0 Å². The maximum absolute atomic E-state index is 13.6. The minimum absolute atomic E-state index is 0.180. The molecule has 3 heterocycles. The largest absolute Gasteiger partial charge is 0.467 e. The highest BCUT2D eigenvalue weighted by Crippen LogP contribution is 2.37. The van der Waals surface area contributed by atoms with Crippen molar-refractivity contribution in [2.24, 2.45) is 12.1 Å². The number of hydrazone groups is 1. The number of amides is 1. The van der Waals surface area contributed by atoms with Gasteiger partial charge >= 0.3 is 0 Å². The smallest absolute Gasteiger partial charge is 0.260 e. The van der Waals surface area contributed by atoms with Crippen LogP contribution in [0, 0.1) is 0 Å². The lowest BCUT2D eigenvalue weighted by Gasteiger charge is -2.17. The number of furan rings is 1. The zero-order valence-electron chi connectivity index (χ0n) is 17.6. The lowest BCUT2D eigenvalue weighted by molar-refractivity contribution is -0.130. The second kappa shape index (κ2) is 7.80. The van der Waals surface area contributed by atoms with Gasteiger partial charge in [0.25, 0.3) is 5.56 Å². The van der Waals surface area contributed by atoms with E-state index in [1.807, 2.05) is 48.5 Å². The number of carbonyl (C=O) groups is 1. The molecule has 160 valence electrons. The summed E-state index contributed by atoms with van der Waals surface area (Å²) in [5.74, 6) is 0.407. The summed E-state index contributed by atoms with van der Waals surface area (Å²) in [4.78, 5) is 26.0. The Bertz CT molecular complexity index is 1420. The first kappa shape index (κ1) is 20.3. The Morgan fingerprint density at radius 1 is 1.09 bits per heavy atom. The van der Waals surface area contributed by atoms with E-state index >= 15 is 0 Å². The molecule has 0 saturated heterocycles. The lowest BCUT2D eigenvalue weighted by atomic mass is 9.91. The standard InChI is InChI=1S/C25H20ClN3O3/c1-15(30)29-21(22-9-6-12-32-22)14-19(27-29)24-23(16-7-4-3-5-8-16)18-13-17(26)10-11-20(18)28(2)25(24)31/h3-13,21H,14H2,1-2H3/t21-/m1/s1. The second-order valence-electron chi connectivity index (χ2n) is 7.79. The average molecular weight is 446 g/mol. The number of hydrogen-bond acceptors (Lipinski definition) is 4. The molecule has 5 rings (SSSR count). The maximum atomic E-state index is 13.6. The number of benzene rings is 2. The first-order valence-electron chi connectivity index (χ1n) is 10.2. The number of nitrogens with zero attached hydrogens (tertiary/aromatic N) is 3. The summed E-state index contributed by atoms with van der Waals surface area (Å²) < 4.78 is 7.17. The zero-order valence-corrected chi connectivity index (χ0v) is 18.3. The van der Waals surface area contributed by atoms with Crippen LogP contribution in [0.4, 0.5) is 0 Å². The lowest BCUT2D eigenvalue weighted by Crippen LogP contribution is -2.26. The minimum Gasteiger partial charge on any atom is -0.467 e. The van der Waals surface area contributed by atoms with E-state index in [0.29, 0.717) is 28.5 Å². The van der Waals surface area contributed by atoms with E-state index in [4.69, 9.17) is 16.0 Å². The fourth-order valence-electron chi connectivity index (χ4n) is 4.35. The highest BCUT2D eigenvalue weighted by molar-refractivity contribution is 6.31. The Morgan fingerprint density at radius 3 is 2.56 bits per heavy atom. The number of fused-ring (bicyclic) bond motifs is 1. The van der Waals surface area contributed by atoms with Gasteiger partial charge in [0.2, 0.25) is 5.91 Å². The molecule has 2 aromatic heterocycles. The predicted molar refractivity (Wildman–Crippen MR) is 125 cm³/mol. The molecular formula is C25H20ClN3O3. The average Bonchev–Trinajstić information content (AvgIpc) is 3.46. The highest BCUT2D eigenvalue weighted by Gasteiger charge is 2.35. The molecule has 2 aromatic carbocycles. The van der Waals surface area contributed by atoms with Crippen molar-refractivity contribution < 1.29 is 9.21 Å². The Morgan fingerprint density at radius 2 is 1.88 bits per heavy atom. The van der Waals surface area contributed by atoms with Crippen molar-refractivity contribution in [3.8, 4) is 11.1 Å². The first-order chi connectivity index (χ1) is 15.5. The van der Waals surface area contributed by atoms with Gasteiger partial charge in [0, 0.05) is 36.4 Å². The molecule has 0 N–H and O–H groups in total. The summed E-state index contributed by atoms with van der Waals surface area (Å²) in [6, 6.07) is 18.4. The topological polar surface area (TPSA) is 67.8 Å². The molecule has 0 fully saturated rings. The molecule has 0 bridgehead atoms. The summed E-state index contributed by atoms with van der Waals surface area (Å²) in [6.07, 6.45) is 1.94. The minimum atomic E-state index is -0.402. The van der Waals surface area contributed by atoms with Gasteiger partial charge in [-0.25, -0.2) is 5.01 Å². The molecule has 1 amide bonds. The van der Waals surface area contributed by atoms with Crippen molar-refractivity contribution in [1.29, 1.82) is 0 Å². The van der Waals surface area contributed by atoms with Crippen molar-refractivity contribution in [2.45, 2.75) is 19.4 Å². The van der Waals surface area contributed by atoms with Crippen LogP contribution >= 0.6 is 11.6 Å². The Kier molecular flexibility index (Phi) is 4.94. The fourth-order valence-corrected chi connectivity index (χ4v) is 4.52. The van der Waals surface area contributed by atoms with Crippen LogP contribution in [0.15, 0.2) is 81.2 Å². The molecule has 7 heteroatoms. The number of carbonyl (C=O) groups excluding carboxylic acids is 1. The SMILES string of the molecule is CC(=O)N1N=C(c2c(-c3ccccc3)c3cc(Cl)ccc3n(C)c2=O)C[C@@H]1c1ccco1. The normalized spacial score (nSPS) is 15.9. The Labute approximate surface area is 189 Å². The number of pyridine rings is 1. The van der Waals surface area contributed by atoms with E-state index in [1.165, 1.54) is 11.9 Å². The van der Waals surface area contributed by atoms with Gasteiger partial charge < -0.3 is 8.98 Å². The fraction of sp³-hybridized carbons (Fsp3) is 0.160. The van der Waals surface area contributed by atoms with Crippen molar-refractivity contribution in [1.82, 2.24) is 9.58 Å². The maximum Gasteiger partial charge on any atom is 0.260 e. The summed E-state index contributed by atoms with van der Waals surface area (Å²) in [5, 5.41) is 7.42. The third-order valence-electron chi connectivity index (χ3n) is 5.81. The van der Waals surface area contributed by atoms with Crippen molar-refractivity contribution in [3.63, 3.8) is 0 Å². The second-order valence-corrected chi connectivity index (χ2v) is 8.22. The molecule has 4 aromatic rings. The molecule has 1 aliphatic heterocycles. The molecular weight excluding hydrogens is 426 g/mol. The molecule has 0 aliphatic carbocycles. The number of rotatable bonds is 3. The molecule has 1 aliphatic rings. The van der Waals surface area contributed by atoms with E-state index < -0.39 is 6.04 Å². The van der Waals surface area contributed by atoms with Crippen LogP contribution in [0.3, 0.4) is 0 Å². The van der Waals surface area contributed by atoms with Crippen LogP contribution in [-0.4, -0.2) is 21.2 Å². The van der Waals surface area contributed by atoms with Gasteiger partial charge in [-0.1, -0.05) is 41.9 Å². The number of aromatic nitrogens is 1. The Hall–Kier alpha value is -3.64. The van der Waals surface area contributed by atoms with Gasteiger partial charge in [0.05, 0.1) is 23.1 Å². The highest BCUT2D eigenvalue weighted by atomic mass is 35.5. The van der Waals surface area contributed by atoms with Gasteiger partial charge in [-0.15, -0.1) is 0 Å². The van der Waals surface area contributed by atoms with Gasteiger partial charge in [-0.2, -0.15) is 5.10 Å². The van der Waals surface area contributed by atoms with E-state index in [2.05, 4.69) is 5.10 Å². The quantitative estimate of drug-likeness (QED) is 0.438. The van der Waals surface area contributed by atoms with Crippen molar-refractivity contribution >= 4 is 34.1 Å². The van der Waals surface area contributed by atoms with Crippen LogP contribution in [0.2, 0.25) is 5.02 Å². The first-order valence-corrected chi connectivity index (χ1v) is 10.6. The zero-order chi connectivity index (χ0) is 22.4. The van der Waals surface area contributed by atoms with E-state index in [0.717, 1.165) is 22.0 Å². The number of halogens is 1. The van der Waals surface area contributed by atoms with Crippen LogP contribution in [0.25, 0.3) is 22.0 Å². The molecule has 0 unspecified atom stereocenters. The molecule has 0 spiro atoms. The van der Waals surface area contributed by atoms with E-state index in [9.17, 15) is 9.59 Å². The van der Waals surface area contributed by atoms with Gasteiger partial charge in [-0.05, 0) is 35.9 Å². The molecule has 0 radical (unpaired) electrons. The van der Waals surface area contributed by atoms with Crippen LogP contribution < -0.4 is 5.56 Å². The molecule has 0 saturated carbocycles. The predicted octanol–water partition coefficient (Wildman–Crippen LogP) is 5.15. The molecule has 6 nitrogen and oxygen atoms in total. The molecule has 1 atom stereocenters. The third kappa shape index (κ3) is 3.24.